The molecule has 0 spiro atoms. The van der Waals surface area contributed by atoms with Crippen LogP contribution < -0.4 is 0 Å². The first-order valence-electron chi connectivity index (χ1n) is 6.72. The van der Waals surface area contributed by atoms with Crippen molar-refractivity contribution < 1.29 is 13.2 Å². The van der Waals surface area contributed by atoms with Crippen molar-refractivity contribution in [3.8, 4) is 0 Å². The van der Waals surface area contributed by atoms with Crippen LogP contribution in [-0.4, -0.2) is 53.3 Å². The summed E-state index contributed by atoms with van der Waals surface area (Å²) in [6.07, 6.45) is 7.82. The van der Waals surface area contributed by atoms with E-state index in [4.69, 9.17) is 4.74 Å². The van der Waals surface area contributed by atoms with Gasteiger partial charge in [0.2, 0.25) is 10.0 Å². The van der Waals surface area contributed by atoms with E-state index in [-0.39, 0.29) is 11.3 Å². The normalized spacial score (nSPS) is 29.1. The van der Waals surface area contributed by atoms with E-state index in [0.29, 0.717) is 32.7 Å². The van der Waals surface area contributed by atoms with Crippen LogP contribution in [0.3, 0.4) is 0 Å². The number of rotatable bonds is 4. The van der Waals surface area contributed by atoms with Crippen LogP contribution in [0.15, 0.2) is 18.7 Å². The van der Waals surface area contributed by atoms with Crippen molar-refractivity contribution in [3.63, 3.8) is 0 Å². The maximum atomic E-state index is 12.6. The second-order valence-corrected chi connectivity index (χ2v) is 7.36. The quantitative estimate of drug-likeness (QED) is 0.806. The van der Waals surface area contributed by atoms with Crippen molar-refractivity contribution in [2.24, 2.45) is 0 Å². The molecule has 2 aliphatic heterocycles. The molecule has 3 heterocycles. The molecule has 2 fully saturated rings. The fourth-order valence-electron chi connectivity index (χ4n) is 2.90. The molecule has 0 unspecified atom stereocenters. The monoisotopic (exact) mass is 285 g/mol. The van der Waals surface area contributed by atoms with Gasteiger partial charge in [-0.05, 0) is 19.3 Å². The molecule has 3 rings (SSSR count). The van der Waals surface area contributed by atoms with Crippen molar-refractivity contribution in [1.29, 1.82) is 0 Å². The third kappa shape index (κ3) is 2.54. The highest BCUT2D eigenvalue weighted by Gasteiger charge is 2.40. The van der Waals surface area contributed by atoms with Gasteiger partial charge >= 0.3 is 0 Å². The average Bonchev–Trinajstić information content (AvgIpc) is 3.12. The van der Waals surface area contributed by atoms with Gasteiger partial charge in [0.25, 0.3) is 0 Å². The first-order valence-corrected chi connectivity index (χ1v) is 8.22. The summed E-state index contributed by atoms with van der Waals surface area (Å²) < 4.78 is 34.0. The van der Waals surface area contributed by atoms with Crippen LogP contribution in [0.1, 0.15) is 19.3 Å². The van der Waals surface area contributed by atoms with Crippen LogP contribution in [-0.2, 0) is 21.3 Å². The average molecular weight is 285 g/mol. The number of nitrogens with zero attached hydrogens (tertiary/aromatic N) is 3. The van der Waals surface area contributed by atoms with Gasteiger partial charge in [0, 0.05) is 38.1 Å². The van der Waals surface area contributed by atoms with Gasteiger partial charge < -0.3 is 9.30 Å². The van der Waals surface area contributed by atoms with Gasteiger partial charge in [-0.25, -0.2) is 13.4 Å². The minimum Gasteiger partial charge on any atom is -0.380 e. The molecular formula is C12H19N3O3S. The summed E-state index contributed by atoms with van der Waals surface area (Å²) in [5.41, 5.74) is 0. The molecule has 2 aliphatic rings. The van der Waals surface area contributed by atoms with Gasteiger partial charge in [-0.2, -0.15) is 4.31 Å². The Labute approximate surface area is 113 Å². The lowest BCUT2D eigenvalue weighted by atomic mass is 10.2. The van der Waals surface area contributed by atoms with E-state index in [1.54, 1.807) is 16.8 Å². The molecule has 0 aromatic carbocycles. The second-order valence-electron chi connectivity index (χ2n) is 5.20. The Morgan fingerprint density at radius 1 is 1.37 bits per heavy atom. The summed E-state index contributed by atoms with van der Waals surface area (Å²) >= 11 is 0. The van der Waals surface area contributed by atoms with E-state index in [1.807, 2.05) is 10.8 Å². The van der Waals surface area contributed by atoms with Gasteiger partial charge in [-0.3, -0.25) is 0 Å². The van der Waals surface area contributed by atoms with E-state index in [9.17, 15) is 8.42 Å². The molecule has 1 aromatic heterocycles. The predicted molar refractivity (Wildman–Crippen MR) is 70.1 cm³/mol. The van der Waals surface area contributed by atoms with E-state index in [0.717, 1.165) is 12.8 Å². The Morgan fingerprint density at radius 3 is 2.95 bits per heavy atom. The molecule has 6 nitrogen and oxygen atoms in total. The lowest BCUT2D eigenvalue weighted by Crippen LogP contribution is -2.43. The molecule has 7 heteroatoms. The molecule has 0 bridgehead atoms. The molecule has 0 aliphatic carbocycles. The Hall–Kier alpha value is -0.920. The van der Waals surface area contributed by atoms with Gasteiger partial charge in [0.05, 0.1) is 12.9 Å². The minimum absolute atomic E-state index is 0.0554. The van der Waals surface area contributed by atoms with E-state index < -0.39 is 10.0 Å². The number of hydrogen-bond acceptors (Lipinski definition) is 4. The zero-order valence-corrected chi connectivity index (χ0v) is 11.6. The van der Waals surface area contributed by atoms with Crippen molar-refractivity contribution in [3.05, 3.63) is 18.7 Å². The maximum Gasteiger partial charge on any atom is 0.219 e. The topological polar surface area (TPSA) is 64.4 Å². The summed E-state index contributed by atoms with van der Waals surface area (Å²) in [6, 6.07) is 0.0554. The number of ether oxygens (including phenoxy) is 1. The van der Waals surface area contributed by atoms with Gasteiger partial charge in [0.15, 0.2) is 0 Å². The van der Waals surface area contributed by atoms with Gasteiger partial charge in [0.1, 0.15) is 5.25 Å². The second kappa shape index (κ2) is 5.22. The van der Waals surface area contributed by atoms with Crippen molar-refractivity contribution >= 4 is 10.0 Å². The van der Waals surface area contributed by atoms with Gasteiger partial charge in [-0.1, -0.05) is 0 Å². The highest BCUT2D eigenvalue weighted by Crippen LogP contribution is 2.27. The predicted octanol–water partition coefficient (Wildman–Crippen LogP) is 0.466. The molecule has 0 N–H and O–H groups in total. The standard InChI is InChI=1S/C12H19N3O3S/c16-19(17,12-3-7-18-9-12)15-5-1-2-11(15)8-14-6-4-13-10-14/h4,6,10-12H,1-3,5,7-9H2/t11-,12-/m1/s1. The van der Waals surface area contributed by atoms with Crippen molar-refractivity contribution in [2.45, 2.75) is 37.1 Å². The molecule has 0 saturated carbocycles. The van der Waals surface area contributed by atoms with Crippen LogP contribution in [0.2, 0.25) is 0 Å². The molecule has 2 atom stereocenters. The van der Waals surface area contributed by atoms with Gasteiger partial charge in [-0.15, -0.1) is 0 Å². The summed E-state index contributed by atoms with van der Waals surface area (Å²) in [4.78, 5) is 4.00. The zero-order valence-electron chi connectivity index (χ0n) is 10.8. The molecular weight excluding hydrogens is 266 g/mol. The van der Waals surface area contributed by atoms with Crippen molar-refractivity contribution in [2.75, 3.05) is 19.8 Å². The number of aromatic nitrogens is 2. The van der Waals surface area contributed by atoms with Crippen LogP contribution in [0.25, 0.3) is 0 Å². The Bertz CT molecular complexity index is 508. The largest absolute Gasteiger partial charge is 0.380 e. The summed E-state index contributed by atoms with van der Waals surface area (Å²) in [6.45, 7) is 2.23. The lowest BCUT2D eigenvalue weighted by molar-refractivity contribution is 0.197. The number of imidazole rings is 1. The van der Waals surface area contributed by atoms with Crippen LogP contribution >= 0.6 is 0 Å². The van der Waals surface area contributed by atoms with E-state index in [1.165, 1.54) is 0 Å². The number of hydrogen-bond donors (Lipinski definition) is 0. The maximum absolute atomic E-state index is 12.6. The summed E-state index contributed by atoms with van der Waals surface area (Å²) in [5.74, 6) is 0. The zero-order chi connectivity index (χ0) is 13.3. The first-order chi connectivity index (χ1) is 9.18. The molecule has 1 aromatic rings. The SMILES string of the molecule is O=S(=O)([C@@H]1CCOC1)N1CCC[C@@H]1Cn1ccnc1. The van der Waals surface area contributed by atoms with E-state index >= 15 is 0 Å². The Kier molecular flexibility index (Phi) is 3.60. The van der Waals surface area contributed by atoms with Crippen LogP contribution in [0, 0.1) is 0 Å². The van der Waals surface area contributed by atoms with E-state index in [2.05, 4.69) is 4.98 Å². The third-order valence-corrected chi connectivity index (χ3v) is 6.29. The first kappa shape index (κ1) is 13.1. The summed E-state index contributed by atoms with van der Waals surface area (Å²) in [7, 11) is -3.22. The highest BCUT2D eigenvalue weighted by molar-refractivity contribution is 7.89. The lowest BCUT2D eigenvalue weighted by Gasteiger charge is -2.26. The highest BCUT2D eigenvalue weighted by atomic mass is 32.2. The smallest absolute Gasteiger partial charge is 0.219 e. The van der Waals surface area contributed by atoms with Crippen LogP contribution in [0.5, 0.6) is 0 Å². The molecule has 0 amide bonds. The van der Waals surface area contributed by atoms with Crippen molar-refractivity contribution in [1.82, 2.24) is 13.9 Å². The molecule has 0 radical (unpaired) electrons. The Balaban J connectivity index is 1.75. The summed E-state index contributed by atoms with van der Waals surface area (Å²) in [5, 5.41) is -0.351. The molecule has 106 valence electrons. The fraction of sp³-hybridized carbons (Fsp3) is 0.750. The molecule has 19 heavy (non-hydrogen) atoms. The fourth-order valence-corrected chi connectivity index (χ4v) is 4.92. The van der Waals surface area contributed by atoms with Crippen LogP contribution in [0.4, 0.5) is 0 Å². The third-order valence-electron chi connectivity index (χ3n) is 3.94. The molecule has 2 saturated heterocycles. The number of sulfonamides is 1. The Morgan fingerprint density at radius 2 is 2.26 bits per heavy atom. The minimum atomic E-state index is -3.22.